The second-order valence-corrected chi connectivity index (χ2v) is 10.2. The summed E-state index contributed by atoms with van der Waals surface area (Å²) in [7, 11) is 0. The molecule has 1 aromatic rings. The van der Waals surface area contributed by atoms with Gasteiger partial charge in [0.25, 0.3) is 5.92 Å². The largest absolute Gasteiger partial charge is 0.373 e. The molecule has 4 aliphatic rings. The van der Waals surface area contributed by atoms with Gasteiger partial charge in [0.15, 0.2) is 0 Å². The highest BCUT2D eigenvalue weighted by Crippen LogP contribution is 2.49. The van der Waals surface area contributed by atoms with Gasteiger partial charge in [-0.15, -0.1) is 0 Å². The molecule has 3 aliphatic heterocycles. The van der Waals surface area contributed by atoms with Crippen molar-refractivity contribution >= 4 is 35.0 Å². The molecule has 0 unspecified atom stereocenters. The molecule has 1 aliphatic carbocycles. The summed E-state index contributed by atoms with van der Waals surface area (Å²) < 4.78 is 29.8. The normalized spacial score (nSPS) is 28.4. The number of halogens is 3. The molecule has 1 aromatic heterocycles. The van der Waals surface area contributed by atoms with E-state index in [0.29, 0.717) is 30.1 Å². The molecule has 0 radical (unpaired) electrons. The summed E-state index contributed by atoms with van der Waals surface area (Å²) in [5.74, 6) is -6.39. The number of amides is 3. The number of carbonyl (C=O) groups is 3. The summed E-state index contributed by atoms with van der Waals surface area (Å²) in [5.41, 5.74) is 0.479. The maximum absolute atomic E-state index is 14.9. The van der Waals surface area contributed by atoms with Crippen LogP contribution in [0.15, 0.2) is 18.5 Å². The Kier molecular flexibility index (Phi) is 7.64. The van der Waals surface area contributed by atoms with E-state index in [0.717, 1.165) is 6.42 Å². The zero-order valence-electron chi connectivity index (χ0n) is 19.8. The van der Waals surface area contributed by atoms with Crippen molar-refractivity contribution < 1.29 is 23.2 Å². The van der Waals surface area contributed by atoms with E-state index in [4.69, 9.17) is 11.6 Å². The Morgan fingerprint density at radius 1 is 1.36 bits per heavy atom. The average Bonchev–Trinajstić information content (AvgIpc) is 2.83. The van der Waals surface area contributed by atoms with Gasteiger partial charge in [0, 0.05) is 31.1 Å². The van der Waals surface area contributed by atoms with Gasteiger partial charge in [-0.25, -0.2) is 8.78 Å². The summed E-state index contributed by atoms with van der Waals surface area (Å²) in [5, 5.41) is 18.3. The third-order valence-corrected chi connectivity index (χ3v) is 7.52. The minimum atomic E-state index is -3.11. The van der Waals surface area contributed by atoms with Gasteiger partial charge >= 0.3 is 0 Å². The van der Waals surface area contributed by atoms with Crippen LogP contribution in [0.5, 0.6) is 0 Å². The molecule has 36 heavy (non-hydrogen) atoms. The minimum absolute atomic E-state index is 0.0823. The second kappa shape index (κ2) is 10.5. The number of hydrogen-bond acceptors (Lipinski definition) is 6. The van der Waals surface area contributed by atoms with Gasteiger partial charge in [0.2, 0.25) is 17.7 Å². The van der Waals surface area contributed by atoms with Crippen LogP contribution in [0.2, 0.25) is 5.02 Å². The maximum atomic E-state index is 14.9. The Hall–Kier alpha value is -3.00. The lowest BCUT2D eigenvalue weighted by Gasteiger charge is -2.54. The fourth-order valence-electron chi connectivity index (χ4n) is 5.60. The molecule has 4 heterocycles. The van der Waals surface area contributed by atoms with E-state index < -0.39 is 60.2 Å². The molecule has 6 atom stereocenters. The summed E-state index contributed by atoms with van der Waals surface area (Å²) >= 11 is 5.96. The van der Waals surface area contributed by atoms with E-state index in [1.165, 1.54) is 17.3 Å². The predicted molar refractivity (Wildman–Crippen MR) is 127 cm³/mol. The van der Waals surface area contributed by atoms with Crippen LogP contribution >= 0.6 is 11.6 Å². The number of alkyl halides is 2. The molecule has 3 amide bonds. The standard InChI is InChI=1S/C24H29ClF2N6O3/c1-13(31-17-8-15(25)11-29-12-17)23(36)33-18-4-5-19(24(26,27)9-18)20(33)22(35)32-16(10-28)7-14-3-2-6-30-21(14)34/h8,11-14,16,18-20,31H,2-7,9H2,1H3,(H,30,34)(H,32,35)/t13-,14+,16+,18-,19-,20+/m0/s1. The Morgan fingerprint density at radius 2 is 2.14 bits per heavy atom. The first-order valence-corrected chi connectivity index (χ1v) is 12.5. The van der Waals surface area contributed by atoms with Gasteiger partial charge in [-0.3, -0.25) is 19.4 Å². The van der Waals surface area contributed by atoms with E-state index in [2.05, 4.69) is 20.9 Å². The maximum Gasteiger partial charge on any atom is 0.255 e. The number of pyridine rings is 1. The molecular weight excluding hydrogens is 494 g/mol. The fourth-order valence-corrected chi connectivity index (χ4v) is 5.77. The quantitative estimate of drug-likeness (QED) is 0.505. The monoisotopic (exact) mass is 522 g/mol. The molecule has 194 valence electrons. The molecule has 4 fully saturated rings. The number of nitrogens with zero attached hydrogens (tertiary/aromatic N) is 3. The topological polar surface area (TPSA) is 127 Å². The van der Waals surface area contributed by atoms with Crippen molar-refractivity contribution in [2.75, 3.05) is 11.9 Å². The molecule has 0 aromatic carbocycles. The lowest BCUT2D eigenvalue weighted by molar-refractivity contribution is -0.194. The van der Waals surface area contributed by atoms with Crippen molar-refractivity contribution in [3.8, 4) is 6.07 Å². The number of nitrogens with one attached hydrogen (secondary N) is 3. The highest BCUT2D eigenvalue weighted by Gasteiger charge is 2.60. The highest BCUT2D eigenvalue weighted by molar-refractivity contribution is 6.30. The van der Waals surface area contributed by atoms with Crippen LogP contribution in [0, 0.1) is 23.2 Å². The number of anilines is 1. The second-order valence-electron chi connectivity index (χ2n) is 9.81. The molecule has 1 saturated carbocycles. The Balaban J connectivity index is 1.52. The van der Waals surface area contributed by atoms with Crippen molar-refractivity contribution in [1.82, 2.24) is 20.5 Å². The molecule has 0 spiro atoms. The number of aromatic nitrogens is 1. The molecule has 12 heteroatoms. The minimum Gasteiger partial charge on any atom is -0.373 e. The number of hydrogen-bond donors (Lipinski definition) is 3. The van der Waals surface area contributed by atoms with Crippen LogP contribution < -0.4 is 16.0 Å². The SMILES string of the molecule is C[C@H](Nc1cncc(Cl)c1)C(=O)N1[C@H]2CC[C@@H]([C@@H]1C(=O)N[C@@H](C#N)C[C@H]1CCCNC1=O)C(F)(F)C2. The molecule has 5 rings (SSSR count). The van der Waals surface area contributed by atoms with Crippen molar-refractivity contribution in [2.45, 2.75) is 75.5 Å². The first-order chi connectivity index (χ1) is 17.1. The lowest BCUT2D eigenvalue weighted by atomic mass is 9.71. The smallest absolute Gasteiger partial charge is 0.255 e. The molecule has 3 N–H and O–H groups in total. The third kappa shape index (κ3) is 5.38. The van der Waals surface area contributed by atoms with Crippen LogP contribution in [0.3, 0.4) is 0 Å². The van der Waals surface area contributed by atoms with E-state index in [1.807, 2.05) is 6.07 Å². The highest BCUT2D eigenvalue weighted by atomic mass is 35.5. The number of piperidine rings is 3. The van der Waals surface area contributed by atoms with Crippen molar-refractivity contribution in [2.24, 2.45) is 11.8 Å². The molecule has 9 nitrogen and oxygen atoms in total. The van der Waals surface area contributed by atoms with Crippen LogP contribution in [0.4, 0.5) is 14.5 Å². The zero-order chi connectivity index (χ0) is 26.0. The number of fused-ring (bicyclic) bond motifs is 3. The van der Waals surface area contributed by atoms with Crippen LogP contribution in [-0.4, -0.2) is 64.2 Å². The Morgan fingerprint density at radius 3 is 2.81 bits per heavy atom. The Bertz CT molecular complexity index is 1070. The van der Waals surface area contributed by atoms with E-state index >= 15 is 0 Å². The van der Waals surface area contributed by atoms with E-state index in [-0.39, 0.29) is 18.7 Å². The van der Waals surface area contributed by atoms with Gasteiger partial charge in [-0.1, -0.05) is 11.6 Å². The van der Waals surface area contributed by atoms with Gasteiger partial charge in [-0.05, 0) is 45.1 Å². The van der Waals surface area contributed by atoms with Gasteiger partial charge in [0.05, 0.1) is 28.9 Å². The molecule has 3 saturated heterocycles. The summed E-state index contributed by atoms with van der Waals surface area (Å²) in [6, 6.07) is -0.547. The predicted octanol–water partition coefficient (Wildman–Crippen LogP) is 2.47. The lowest BCUT2D eigenvalue weighted by Crippen LogP contribution is -2.70. The fraction of sp³-hybridized carbons (Fsp3) is 0.625. The van der Waals surface area contributed by atoms with Crippen LogP contribution in [0.1, 0.15) is 45.4 Å². The average molecular weight is 523 g/mol. The van der Waals surface area contributed by atoms with Crippen molar-refractivity contribution in [1.29, 1.82) is 5.26 Å². The Labute approximate surface area is 212 Å². The number of rotatable bonds is 7. The van der Waals surface area contributed by atoms with Gasteiger partial charge in [0.1, 0.15) is 18.1 Å². The van der Waals surface area contributed by atoms with Gasteiger partial charge in [-0.2, -0.15) is 5.26 Å². The van der Waals surface area contributed by atoms with Crippen LogP contribution in [0.25, 0.3) is 0 Å². The van der Waals surface area contributed by atoms with Crippen LogP contribution in [-0.2, 0) is 14.4 Å². The summed E-state index contributed by atoms with van der Waals surface area (Å²) in [6.07, 6.45) is 4.30. The van der Waals surface area contributed by atoms with E-state index in [9.17, 15) is 28.4 Å². The number of nitriles is 1. The van der Waals surface area contributed by atoms with Crippen molar-refractivity contribution in [3.63, 3.8) is 0 Å². The zero-order valence-corrected chi connectivity index (χ0v) is 20.6. The number of carbonyl (C=O) groups excluding carboxylic acids is 3. The molecular formula is C24H29ClF2N6O3. The summed E-state index contributed by atoms with van der Waals surface area (Å²) in [6.45, 7) is 2.14. The van der Waals surface area contributed by atoms with E-state index in [1.54, 1.807) is 13.0 Å². The van der Waals surface area contributed by atoms with Gasteiger partial charge < -0.3 is 20.9 Å². The molecule has 2 bridgehead atoms. The first-order valence-electron chi connectivity index (χ1n) is 12.2. The third-order valence-electron chi connectivity index (χ3n) is 7.31. The summed E-state index contributed by atoms with van der Waals surface area (Å²) in [4.78, 5) is 44.2. The first kappa shape index (κ1) is 26.1. The van der Waals surface area contributed by atoms with Crippen molar-refractivity contribution in [3.05, 3.63) is 23.5 Å².